The molecule has 2 aromatic carbocycles. The number of benzene rings is 2. The molecule has 2 heterocycles. The second-order valence-electron chi connectivity index (χ2n) is 7.43. The van der Waals surface area contributed by atoms with Crippen molar-refractivity contribution in [2.75, 3.05) is 4.90 Å². The number of carbonyl (C=O) groups is 3. The number of nitro benzene ring substituents is 1. The topological polar surface area (TPSA) is 123 Å². The van der Waals surface area contributed by atoms with Gasteiger partial charge in [0.2, 0.25) is 0 Å². The van der Waals surface area contributed by atoms with Crippen molar-refractivity contribution < 1.29 is 23.7 Å². The molecule has 1 aliphatic heterocycles. The lowest BCUT2D eigenvalue weighted by atomic mass is 10.1. The second-order valence-corrected chi connectivity index (χ2v) is 8.28. The van der Waals surface area contributed by atoms with Gasteiger partial charge in [-0.1, -0.05) is 6.07 Å². The van der Waals surface area contributed by atoms with Crippen molar-refractivity contribution >= 4 is 51.2 Å². The number of nitrogens with zero attached hydrogens (tertiary/aromatic N) is 2. The maximum Gasteiger partial charge on any atom is 0.335 e. The molecule has 0 radical (unpaired) electrons. The number of nitro groups is 1. The first-order chi connectivity index (χ1) is 15.6. The lowest BCUT2D eigenvalue weighted by Gasteiger charge is -2.26. The number of non-ortho nitro benzene ring substituents is 1. The molecule has 0 saturated carbocycles. The van der Waals surface area contributed by atoms with Crippen LogP contribution in [0.4, 0.5) is 16.2 Å². The second kappa shape index (κ2) is 8.47. The standard InChI is InChI=1S/C23H16BrN3O6/c1-12-7-13(2)9-15(8-12)26-22(29)18(21(28)25-23(26)30)11-16-4-6-20(33-16)17-5-3-14(27(31)32)10-19(17)24/h3-11H,1-2H3,(H,25,28,30)/b18-11-. The third-order valence-electron chi connectivity index (χ3n) is 4.91. The van der Waals surface area contributed by atoms with E-state index in [-0.39, 0.29) is 17.0 Å². The minimum Gasteiger partial charge on any atom is -0.457 e. The Hall–Kier alpha value is -4.05. The largest absolute Gasteiger partial charge is 0.457 e. The fourth-order valence-corrected chi connectivity index (χ4v) is 4.07. The summed E-state index contributed by atoms with van der Waals surface area (Å²) in [6, 6.07) is 11.8. The number of hydrogen-bond acceptors (Lipinski definition) is 6. The van der Waals surface area contributed by atoms with Crippen molar-refractivity contribution in [3.63, 3.8) is 0 Å². The van der Waals surface area contributed by atoms with Gasteiger partial charge in [-0.2, -0.15) is 0 Å². The number of amides is 4. The van der Waals surface area contributed by atoms with Crippen molar-refractivity contribution in [3.05, 3.63) is 85.6 Å². The van der Waals surface area contributed by atoms with E-state index in [1.807, 2.05) is 19.9 Å². The third kappa shape index (κ3) is 4.33. The van der Waals surface area contributed by atoms with Crippen LogP contribution in [0.5, 0.6) is 0 Å². The Labute approximate surface area is 196 Å². The average Bonchev–Trinajstić information content (AvgIpc) is 3.18. The molecule has 10 heteroatoms. The lowest BCUT2D eigenvalue weighted by molar-refractivity contribution is -0.384. The molecule has 1 aromatic heterocycles. The number of furan rings is 1. The summed E-state index contributed by atoms with van der Waals surface area (Å²) >= 11 is 3.29. The van der Waals surface area contributed by atoms with Gasteiger partial charge in [-0.25, -0.2) is 9.69 Å². The van der Waals surface area contributed by atoms with E-state index < -0.39 is 22.8 Å². The minimum absolute atomic E-state index is 0.0832. The molecule has 1 fully saturated rings. The molecule has 1 saturated heterocycles. The molecule has 1 aliphatic rings. The van der Waals surface area contributed by atoms with Gasteiger partial charge in [-0.15, -0.1) is 0 Å². The molecule has 0 atom stereocenters. The van der Waals surface area contributed by atoms with Crippen LogP contribution in [-0.2, 0) is 9.59 Å². The summed E-state index contributed by atoms with van der Waals surface area (Å²) in [6.45, 7) is 3.68. The van der Waals surface area contributed by atoms with Crippen LogP contribution in [0.25, 0.3) is 17.4 Å². The summed E-state index contributed by atoms with van der Waals surface area (Å²) in [6.07, 6.45) is 1.25. The zero-order valence-electron chi connectivity index (χ0n) is 17.4. The van der Waals surface area contributed by atoms with Crippen LogP contribution in [0.2, 0.25) is 0 Å². The summed E-state index contributed by atoms with van der Waals surface area (Å²) in [4.78, 5) is 49.2. The molecule has 0 spiro atoms. The summed E-state index contributed by atoms with van der Waals surface area (Å²) in [7, 11) is 0. The Kier molecular flexibility index (Phi) is 5.69. The number of barbiturate groups is 1. The molecule has 0 bridgehead atoms. The van der Waals surface area contributed by atoms with Crippen molar-refractivity contribution in [3.8, 4) is 11.3 Å². The monoisotopic (exact) mass is 509 g/mol. The summed E-state index contributed by atoms with van der Waals surface area (Å²) in [5.74, 6) is -1.04. The molecular formula is C23H16BrN3O6. The number of urea groups is 1. The zero-order valence-corrected chi connectivity index (χ0v) is 19.0. The van der Waals surface area contributed by atoms with Gasteiger partial charge < -0.3 is 4.42 Å². The Morgan fingerprint density at radius 3 is 2.36 bits per heavy atom. The van der Waals surface area contributed by atoms with Gasteiger partial charge in [0.15, 0.2) is 0 Å². The zero-order chi connectivity index (χ0) is 23.9. The number of carbonyl (C=O) groups excluding carboxylic acids is 3. The molecule has 9 nitrogen and oxygen atoms in total. The van der Waals surface area contributed by atoms with Gasteiger partial charge in [0, 0.05) is 22.2 Å². The minimum atomic E-state index is -0.833. The number of aryl methyl sites for hydroxylation is 2. The predicted molar refractivity (Wildman–Crippen MR) is 123 cm³/mol. The smallest absolute Gasteiger partial charge is 0.335 e. The Morgan fingerprint density at radius 1 is 1.03 bits per heavy atom. The third-order valence-corrected chi connectivity index (χ3v) is 5.56. The van der Waals surface area contributed by atoms with Crippen LogP contribution >= 0.6 is 15.9 Å². The number of nitrogens with one attached hydrogen (secondary N) is 1. The number of anilines is 1. The van der Waals surface area contributed by atoms with E-state index in [1.165, 1.54) is 24.3 Å². The Bertz CT molecular complexity index is 1350. The van der Waals surface area contributed by atoms with E-state index in [9.17, 15) is 24.5 Å². The van der Waals surface area contributed by atoms with Crippen LogP contribution in [0.15, 0.2) is 63.0 Å². The van der Waals surface area contributed by atoms with Gasteiger partial charge in [0.1, 0.15) is 17.1 Å². The first kappa shape index (κ1) is 22.2. The van der Waals surface area contributed by atoms with Gasteiger partial charge in [0.25, 0.3) is 17.5 Å². The normalized spacial score (nSPS) is 15.2. The number of hydrogen-bond donors (Lipinski definition) is 1. The van der Waals surface area contributed by atoms with E-state index in [2.05, 4.69) is 21.2 Å². The maximum absolute atomic E-state index is 13.1. The van der Waals surface area contributed by atoms with E-state index in [4.69, 9.17) is 4.42 Å². The molecule has 4 rings (SSSR count). The number of imide groups is 2. The summed E-state index contributed by atoms with van der Waals surface area (Å²) < 4.78 is 6.19. The van der Waals surface area contributed by atoms with Gasteiger partial charge in [0.05, 0.1) is 10.6 Å². The predicted octanol–water partition coefficient (Wildman–Crippen LogP) is 4.90. The first-order valence-electron chi connectivity index (χ1n) is 9.68. The SMILES string of the molecule is Cc1cc(C)cc(N2C(=O)NC(=O)/C(=C/c3ccc(-c4ccc([N+](=O)[O-])cc4Br)o3)C2=O)c1. The fourth-order valence-electron chi connectivity index (χ4n) is 3.51. The van der Waals surface area contributed by atoms with Crippen molar-refractivity contribution in [2.45, 2.75) is 13.8 Å². The number of rotatable bonds is 4. The van der Waals surface area contributed by atoms with Crippen molar-refractivity contribution in [1.82, 2.24) is 5.32 Å². The highest BCUT2D eigenvalue weighted by Gasteiger charge is 2.37. The number of halogens is 1. The highest BCUT2D eigenvalue weighted by molar-refractivity contribution is 9.10. The molecule has 0 unspecified atom stereocenters. The molecular weight excluding hydrogens is 494 g/mol. The van der Waals surface area contributed by atoms with Gasteiger partial charge >= 0.3 is 6.03 Å². The van der Waals surface area contributed by atoms with Gasteiger partial charge in [-0.3, -0.25) is 25.0 Å². The van der Waals surface area contributed by atoms with E-state index in [0.29, 0.717) is 21.5 Å². The molecule has 0 aliphatic carbocycles. The molecule has 33 heavy (non-hydrogen) atoms. The van der Waals surface area contributed by atoms with Crippen LogP contribution in [0.3, 0.4) is 0 Å². The van der Waals surface area contributed by atoms with E-state index in [0.717, 1.165) is 16.0 Å². The highest BCUT2D eigenvalue weighted by Crippen LogP contribution is 2.33. The summed E-state index contributed by atoms with van der Waals surface area (Å²) in [5.41, 5.74) is 2.27. The first-order valence-corrected chi connectivity index (χ1v) is 10.5. The molecule has 1 N–H and O–H groups in total. The Balaban J connectivity index is 1.68. The lowest BCUT2D eigenvalue weighted by Crippen LogP contribution is -2.54. The van der Waals surface area contributed by atoms with Gasteiger partial charge in [-0.05, 0) is 77.3 Å². The quantitative estimate of drug-likeness (QED) is 0.231. The maximum atomic E-state index is 13.1. The highest BCUT2D eigenvalue weighted by atomic mass is 79.9. The fraction of sp³-hybridized carbons (Fsp3) is 0.0870. The molecule has 4 amide bonds. The van der Waals surface area contributed by atoms with Crippen LogP contribution in [0, 0.1) is 24.0 Å². The molecule has 166 valence electrons. The van der Waals surface area contributed by atoms with Crippen molar-refractivity contribution in [1.29, 1.82) is 0 Å². The van der Waals surface area contributed by atoms with E-state index in [1.54, 1.807) is 24.3 Å². The van der Waals surface area contributed by atoms with Crippen molar-refractivity contribution in [2.24, 2.45) is 0 Å². The summed E-state index contributed by atoms with van der Waals surface area (Å²) in [5, 5.41) is 13.1. The Morgan fingerprint density at radius 2 is 1.73 bits per heavy atom. The van der Waals surface area contributed by atoms with Crippen LogP contribution in [-0.4, -0.2) is 22.8 Å². The van der Waals surface area contributed by atoms with E-state index >= 15 is 0 Å². The van der Waals surface area contributed by atoms with Crippen LogP contribution < -0.4 is 10.2 Å². The molecule has 3 aromatic rings. The van der Waals surface area contributed by atoms with Crippen LogP contribution in [0.1, 0.15) is 16.9 Å². The average molecular weight is 510 g/mol.